The van der Waals surface area contributed by atoms with E-state index in [1.165, 1.54) is 5.56 Å². The second-order valence-electron chi connectivity index (χ2n) is 9.74. The molecule has 3 N–H and O–H groups in total. The second-order valence-corrected chi connectivity index (χ2v) is 9.74. The van der Waals surface area contributed by atoms with Crippen molar-refractivity contribution >= 4 is 23.5 Å². The zero-order chi connectivity index (χ0) is 26.6. The SMILES string of the molecule is COc1ccc(C)cc1.O=C(CNC(=O)[C@H]1CCCO1)NCC(=O)N[C@@H](CC1CCCC1)C(=O)C1CO1. The molecule has 2 aliphatic heterocycles. The van der Waals surface area contributed by atoms with E-state index >= 15 is 0 Å². The van der Waals surface area contributed by atoms with Crippen LogP contribution in [0.5, 0.6) is 5.75 Å². The summed E-state index contributed by atoms with van der Waals surface area (Å²) in [7, 11) is 1.67. The Kier molecular flexibility index (Phi) is 11.3. The Morgan fingerprint density at radius 3 is 2.19 bits per heavy atom. The number of hydrogen-bond donors (Lipinski definition) is 3. The van der Waals surface area contributed by atoms with Gasteiger partial charge in [0, 0.05) is 6.61 Å². The minimum absolute atomic E-state index is 0.0876. The first-order chi connectivity index (χ1) is 17.9. The second kappa shape index (κ2) is 14.7. The number of carbonyl (C=O) groups excluding carboxylic acids is 4. The fourth-order valence-corrected chi connectivity index (χ4v) is 4.49. The standard InChI is InChI=1S/C19H29N3O6.C8H10O/c23-16(9-21-19(26)14-6-3-7-27-14)20-10-17(24)22-13(18(25)15-11-28-15)8-12-4-1-2-5-12;1-7-3-5-8(9-2)6-4-7/h12-15H,1-11H2,(H,20,23)(H,21,26)(H,22,24);3-6H,1-2H3/t13-,14+,15?;/m0./s1. The molecule has 0 radical (unpaired) electrons. The van der Waals surface area contributed by atoms with Gasteiger partial charge < -0.3 is 30.2 Å². The van der Waals surface area contributed by atoms with Gasteiger partial charge in [0.1, 0.15) is 18.0 Å². The largest absolute Gasteiger partial charge is 0.497 e. The number of ether oxygens (including phenoxy) is 3. The van der Waals surface area contributed by atoms with Gasteiger partial charge in [-0.3, -0.25) is 19.2 Å². The molecule has 10 nitrogen and oxygen atoms in total. The summed E-state index contributed by atoms with van der Waals surface area (Å²) in [6.45, 7) is 2.56. The Labute approximate surface area is 218 Å². The number of ketones is 1. The van der Waals surface area contributed by atoms with Crippen molar-refractivity contribution < 1.29 is 33.4 Å². The van der Waals surface area contributed by atoms with Crippen LogP contribution in [0.2, 0.25) is 0 Å². The Bertz CT molecular complexity index is 905. The third-order valence-corrected chi connectivity index (χ3v) is 6.72. The zero-order valence-electron chi connectivity index (χ0n) is 21.8. The highest BCUT2D eigenvalue weighted by Gasteiger charge is 2.38. The van der Waals surface area contributed by atoms with E-state index < -0.39 is 30.1 Å². The van der Waals surface area contributed by atoms with Crippen molar-refractivity contribution in [3.05, 3.63) is 29.8 Å². The molecule has 1 aromatic carbocycles. The van der Waals surface area contributed by atoms with Crippen molar-refractivity contribution in [1.82, 2.24) is 16.0 Å². The highest BCUT2D eigenvalue weighted by molar-refractivity contribution is 5.94. The topological polar surface area (TPSA) is 135 Å². The van der Waals surface area contributed by atoms with Crippen molar-refractivity contribution in [2.45, 2.75) is 70.1 Å². The minimum atomic E-state index is -0.570. The highest BCUT2D eigenvalue weighted by Crippen LogP contribution is 2.29. The van der Waals surface area contributed by atoms with Gasteiger partial charge >= 0.3 is 0 Å². The van der Waals surface area contributed by atoms with Crippen molar-refractivity contribution in [3.8, 4) is 5.75 Å². The van der Waals surface area contributed by atoms with Gasteiger partial charge in [-0.1, -0.05) is 43.4 Å². The smallest absolute Gasteiger partial charge is 0.249 e. The summed E-state index contributed by atoms with van der Waals surface area (Å²) in [6.07, 6.45) is 5.67. The Morgan fingerprint density at radius 2 is 1.59 bits per heavy atom. The Balaban J connectivity index is 0.000000356. The van der Waals surface area contributed by atoms with Crippen molar-refractivity contribution in [2.24, 2.45) is 5.92 Å². The number of carbonyl (C=O) groups is 4. The van der Waals surface area contributed by atoms with Crippen LogP contribution in [0, 0.1) is 12.8 Å². The summed E-state index contributed by atoms with van der Waals surface area (Å²) in [5, 5.41) is 7.70. The molecule has 0 aromatic heterocycles. The number of aryl methyl sites for hydroxylation is 1. The summed E-state index contributed by atoms with van der Waals surface area (Å²) in [5.41, 5.74) is 1.26. The van der Waals surface area contributed by atoms with Crippen molar-refractivity contribution in [1.29, 1.82) is 0 Å². The normalized spacial score (nSPS) is 21.2. The number of benzene rings is 1. The molecule has 2 heterocycles. The number of nitrogens with one attached hydrogen (secondary N) is 3. The van der Waals surface area contributed by atoms with Gasteiger partial charge in [0.2, 0.25) is 17.7 Å². The van der Waals surface area contributed by atoms with Crippen LogP contribution in [0.1, 0.15) is 50.5 Å². The molecule has 0 spiro atoms. The lowest BCUT2D eigenvalue weighted by Gasteiger charge is -2.20. The van der Waals surface area contributed by atoms with E-state index in [1.54, 1.807) is 7.11 Å². The van der Waals surface area contributed by atoms with Gasteiger partial charge in [0.25, 0.3) is 0 Å². The lowest BCUT2D eigenvalue weighted by atomic mass is 9.94. The lowest BCUT2D eigenvalue weighted by Crippen LogP contribution is -2.49. The summed E-state index contributed by atoms with van der Waals surface area (Å²) in [5.74, 6) is 0.0665. The number of epoxide rings is 1. The van der Waals surface area contributed by atoms with Crippen molar-refractivity contribution in [3.63, 3.8) is 0 Å². The average molecular weight is 518 g/mol. The number of hydrogen-bond acceptors (Lipinski definition) is 7. The van der Waals surface area contributed by atoms with Crippen LogP contribution in [0.25, 0.3) is 0 Å². The van der Waals surface area contributed by atoms with Crippen LogP contribution >= 0.6 is 0 Å². The lowest BCUT2D eigenvalue weighted by molar-refractivity contribution is -0.133. The van der Waals surface area contributed by atoms with Crippen LogP contribution < -0.4 is 20.7 Å². The maximum absolute atomic E-state index is 12.4. The van der Waals surface area contributed by atoms with Crippen LogP contribution in [-0.4, -0.2) is 75.2 Å². The van der Waals surface area contributed by atoms with Gasteiger partial charge in [-0.15, -0.1) is 0 Å². The van der Waals surface area contributed by atoms with E-state index in [1.807, 2.05) is 24.3 Å². The molecule has 1 saturated carbocycles. The molecule has 3 atom stereocenters. The summed E-state index contributed by atoms with van der Waals surface area (Å²) >= 11 is 0. The Morgan fingerprint density at radius 1 is 0.919 bits per heavy atom. The zero-order valence-corrected chi connectivity index (χ0v) is 21.8. The molecule has 37 heavy (non-hydrogen) atoms. The summed E-state index contributed by atoms with van der Waals surface area (Å²) < 4.78 is 15.3. The monoisotopic (exact) mass is 517 g/mol. The van der Waals surface area contributed by atoms with E-state index in [2.05, 4.69) is 22.9 Å². The van der Waals surface area contributed by atoms with E-state index in [4.69, 9.17) is 14.2 Å². The molecule has 204 valence electrons. The molecule has 10 heteroatoms. The molecule has 1 unspecified atom stereocenters. The molecule has 4 rings (SSSR count). The van der Waals surface area contributed by atoms with Crippen molar-refractivity contribution in [2.75, 3.05) is 33.4 Å². The molecule has 3 amide bonds. The summed E-state index contributed by atoms with van der Waals surface area (Å²) in [4.78, 5) is 48.2. The molecule has 1 aliphatic carbocycles. The number of methoxy groups -OCH3 is 1. The number of amides is 3. The van der Waals surface area contributed by atoms with Gasteiger partial charge in [0.05, 0.1) is 32.8 Å². The van der Waals surface area contributed by atoms with E-state index in [0.29, 0.717) is 32.0 Å². The van der Waals surface area contributed by atoms with Crippen LogP contribution in [-0.2, 0) is 28.7 Å². The molecule has 1 aromatic rings. The molecular weight excluding hydrogens is 478 g/mol. The third-order valence-electron chi connectivity index (χ3n) is 6.72. The first-order valence-electron chi connectivity index (χ1n) is 13.1. The fourth-order valence-electron chi connectivity index (χ4n) is 4.49. The number of rotatable bonds is 11. The quantitative estimate of drug-likeness (QED) is 0.378. The first-order valence-corrected chi connectivity index (χ1v) is 13.1. The molecule has 0 bridgehead atoms. The third kappa shape index (κ3) is 10.1. The van der Waals surface area contributed by atoms with Crippen LogP contribution in [0.3, 0.4) is 0 Å². The highest BCUT2D eigenvalue weighted by atomic mass is 16.6. The predicted molar refractivity (Wildman–Crippen MR) is 136 cm³/mol. The van der Waals surface area contributed by atoms with Gasteiger partial charge in [0.15, 0.2) is 5.78 Å². The summed E-state index contributed by atoms with van der Waals surface area (Å²) in [6, 6.07) is 7.39. The molecule has 3 fully saturated rings. The molecule has 2 saturated heterocycles. The van der Waals surface area contributed by atoms with E-state index in [0.717, 1.165) is 37.9 Å². The minimum Gasteiger partial charge on any atom is -0.497 e. The molecular formula is C27H39N3O7. The van der Waals surface area contributed by atoms with Gasteiger partial charge in [-0.2, -0.15) is 0 Å². The van der Waals surface area contributed by atoms with Gasteiger partial charge in [-0.05, 0) is 44.2 Å². The average Bonchev–Trinajstić information content (AvgIpc) is 3.35. The van der Waals surface area contributed by atoms with E-state index in [-0.39, 0.29) is 24.8 Å². The number of Topliss-reactive ketones (excluding diaryl/α,β-unsaturated/α-hetero) is 1. The van der Waals surface area contributed by atoms with Crippen LogP contribution in [0.15, 0.2) is 24.3 Å². The fraction of sp³-hybridized carbons (Fsp3) is 0.630. The van der Waals surface area contributed by atoms with E-state index in [9.17, 15) is 19.2 Å². The first kappa shape index (κ1) is 28.6. The Hall–Kier alpha value is -2.98. The van der Waals surface area contributed by atoms with Crippen LogP contribution in [0.4, 0.5) is 0 Å². The maximum atomic E-state index is 12.4. The predicted octanol–water partition coefficient (Wildman–Crippen LogP) is 1.43. The molecule has 3 aliphatic rings. The van der Waals surface area contributed by atoms with Gasteiger partial charge in [-0.25, -0.2) is 0 Å². The maximum Gasteiger partial charge on any atom is 0.249 e.